The van der Waals surface area contributed by atoms with E-state index in [1.807, 2.05) is 13.8 Å². The third-order valence-electron chi connectivity index (χ3n) is 2.51. The summed E-state index contributed by atoms with van der Waals surface area (Å²) < 4.78 is 5.26. The highest BCUT2D eigenvalue weighted by Gasteiger charge is 2.06. The van der Waals surface area contributed by atoms with Crippen LogP contribution < -0.4 is 0 Å². The molecule has 1 aromatic heterocycles. The van der Waals surface area contributed by atoms with Gasteiger partial charge in [0.25, 0.3) is 0 Å². The fraction of sp³-hybridized carbons (Fsp3) is 0.333. The van der Waals surface area contributed by atoms with Crippen molar-refractivity contribution in [1.82, 2.24) is 10.2 Å². The van der Waals surface area contributed by atoms with Crippen molar-refractivity contribution in [3.8, 4) is 10.6 Å². The normalized spacial score (nSPS) is 12.7. The molecule has 84 valence electrons. The summed E-state index contributed by atoms with van der Waals surface area (Å²) in [6.07, 6.45) is 0.130. The maximum absolute atomic E-state index is 5.26. The molecule has 0 saturated carbocycles. The summed E-state index contributed by atoms with van der Waals surface area (Å²) in [6.45, 7) is 3.99. The lowest BCUT2D eigenvalue weighted by Gasteiger charge is -2.09. The Morgan fingerprint density at radius 2 is 1.88 bits per heavy atom. The summed E-state index contributed by atoms with van der Waals surface area (Å²) in [5.74, 6) is 0. The molecule has 0 amide bonds. The van der Waals surface area contributed by atoms with Crippen LogP contribution >= 0.6 is 11.3 Å². The SMILES string of the molecule is CO[C@@H](C)c1ccc(-c2nnc(C)s2)cc1. The minimum atomic E-state index is 0.130. The summed E-state index contributed by atoms with van der Waals surface area (Å²) in [6, 6.07) is 8.26. The number of aryl methyl sites for hydroxylation is 1. The topological polar surface area (TPSA) is 35.0 Å². The van der Waals surface area contributed by atoms with E-state index in [0.717, 1.165) is 15.6 Å². The number of aromatic nitrogens is 2. The van der Waals surface area contributed by atoms with Gasteiger partial charge >= 0.3 is 0 Å². The first kappa shape index (κ1) is 11.2. The lowest BCUT2D eigenvalue weighted by Crippen LogP contribution is -1.94. The highest BCUT2D eigenvalue weighted by molar-refractivity contribution is 7.14. The predicted octanol–water partition coefficient (Wildman–Crippen LogP) is 3.22. The highest BCUT2D eigenvalue weighted by atomic mass is 32.1. The number of hydrogen-bond acceptors (Lipinski definition) is 4. The maximum atomic E-state index is 5.26. The molecule has 0 aliphatic rings. The van der Waals surface area contributed by atoms with Crippen molar-refractivity contribution in [3.05, 3.63) is 34.8 Å². The molecule has 16 heavy (non-hydrogen) atoms. The van der Waals surface area contributed by atoms with Gasteiger partial charge in [-0.15, -0.1) is 10.2 Å². The summed E-state index contributed by atoms with van der Waals surface area (Å²) >= 11 is 1.61. The van der Waals surface area contributed by atoms with Crippen LogP contribution in [0.1, 0.15) is 23.6 Å². The first-order valence-corrected chi connectivity index (χ1v) is 5.95. The second kappa shape index (κ2) is 4.72. The summed E-state index contributed by atoms with van der Waals surface area (Å²) in [5.41, 5.74) is 2.28. The monoisotopic (exact) mass is 234 g/mol. The summed E-state index contributed by atoms with van der Waals surface area (Å²) in [7, 11) is 1.71. The Hall–Kier alpha value is -1.26. The Balaban J connectivity index is 2.25. The van der Waals surface area contributed by atoms with Crippen molar-refractivity contribution in [1.29, 1.82) is 0 Å². The standard InChI is InChI=1S/C12H14N2OS/c1-8(15-3)10-4-6-11(7-5-10)12-14-13-9(2)16-12/h4-8H,1-3H3/t8-/m0/s1. The molecule has 0 unspecified atom stereocenters. The van der Waals surface area contributed by atoms with Gasteiger partial charge in [0.05, 0.1) is 6.10 Å². The van der Waals surface area contributed by atoms with Crippen LogP contribution in [0.5, 0.6) is 0 Å². The third kappa shape index (κ3) is 2.28. The minimum absolute atomic E-state index is 0.130. The van der Waals surface area contributed by atoms with E-state index in [2.05, 4.69) is 34.5 Å². The largest absolute Gasteiger partial charge is 0.377 e. The fourth-order valence-corrected chi connectivity index (χ4v) is 2.14. The lowest BCUT2D eigenvalue weighted by atomic mass is 10.1. The van der Waals surface area contributed by atoms with Crippen LogP contribution in [0.4, 0.5) is 0 Å². The van der Waals surface area contributed by atoms with Crippen molar-refractivity contribution in [2.75, 3.05) is 7.11 Å². The molecule has 0 bridgehead atoms. The van der Waals surface area contributed by atoms with Crippen LogP contribution in [0.15, 0.2) is 24.3 Å². The molecule has 0 aliphatic carbocycles. The average Bonchev–Trinajstić information content (AvgIpc) is 2.75. The molecule has 0 fully saturated rings. The molecule has 4 heteroatoms. The number of rotatable bonds is 3. The molecule has 2 rings (SSSR count). The quantitative estimate of drug-likeness (QED) is 0.818. The van der Waals surface area contributed by atoms with Gasteiger partial charge < -0.3 is 4.74 Å². The van der Waals surface area contributed by atoms with Crippen LogP contribution in [0, 0.1) is 6.92 Å². The molecule has 0 spiro atoms. The van der Waals surface area contributed by atoms with E-state index >= 15 is 0 Å². The van der Waals surface area contributed by atoms with Crippen LogP contribution in [0.2, 0.25) is 0 Å². The Kier molecular flexibility index (Phi) is 3.31. The fourth-order valence-electron chi connectivity index (χ4n) is 1.45. The van der Waals surface area contributed by atoms with E-state index < -0.39 is 0 Å². The van der Waals surface area contributed by atoms with E-state index in [-0.39, 0.29) is 6.10 Å². The zero-order valence-corrected chi connectivity index (χ0v) is 10.4. The molecule has 3 nitrogen and oxygen atoms in total. The molecule has 1 heterocycles. The number of ether oxygens (including phenoxy) is 1. The Morgan fingerprint density at radius 3 is 2.38 bits per heavy atom. The molecular formula is C12H14N2OS. The first-order valence-electron chi connectivity index (χ1n) is 5.14. The van der Waals surface area contributed by atoms with E-state index in [1.165, 1.54) is 5.56 Å². The van der Waals surface area contributed by atoms with Crippen LogP contribution in [-0.4, -0.2) is 17.3 Å². The van der Waals surface area contributed by atoms with E-state index in [1.54, 1.807) is 18.4 Å². The van der Waals surface area contributed by atoms with Gasteiger partial charge in [0, 0.05) is 12.7 Å². The van der Waals surface area contributed by atoms with Gasteiger partial charge in [0.15, 0.2) is 0 Å². The number of benzene rings is 1. The van der Waals surface area contributed by atoms with Gasteiger partial charge in [-0.25, -0.2) is 0 Å². The molecule has 0 N–H and O–H groups in total. The molecule has 0 aliphatic heterocycles. The first-order chi connectivity index (χ1) is 7.70. The van der Waals surface area contributed by atoms with Crippen molar-refractivity contribution in [3.63, 3.8) is 0 Å². The molecule has 2 aromatic rings. The second-order valence-corrected chi connectivity index (χ2v) is 4.81. The van der Waals surface area contributed by atoms with Gasteiger partial charge in [0.2, 0.25) is 0 Å². The van der Waals surface area contributed by atoms with E-state index in [0.29, 0.717) is 0 Å². The molecule has 0 radical (unpaired) electrons. The lowest BCUT2D eigenvalue weighted by molar-refractivity contribution is 0.119. The van der Waals surface area contributed by atoms with Crippen molar-refractivity contribution >= 4 is 11.3 Å². The Morgan fingerprint density at radius 1 is 1.19 bits per heavy atom. The maximum Gasteiger partial charge on any atom is 0.147 e. The Bertz CT molecular complexity index is 464. The van der Waals surface area contributed by atoms with Crippen LogP contribution in [0.3, 0.4) is 0 Å². The minimum Gasteiger partial charge on any atom is -0.377 e. The molecular weight excluding hydrogens is 220 g/mol. The molecule has 1 aromatic carbocycles. The van der Waals surface area contributed by atoms with E-state index in [9.17, 15) is 0 Å². The number of nitrogens with zero attached hydrogens (tertiary/aromatic N) is 2. The summed E-state index contributed by atoms with van der Waals surface area (Å²) in [4.78, 5) is 0. The van der Waals surface area contributed by atoms with Crippen molar-refractivity contribution in [2.45, 2.75) is 20.0 Å². The van der Waals surface area contributed by atoms with Gasteiger partial charge in [-0.1, -0.05) is 35.6 Å². The van der Waals surface area contributed by atoms with E-state index in [4.69, 9.17) is 4.74 Å². The van der Waals surface area contributed by atoms with Crippen LogP contribution in [-0.2, 0) is 4.74 Å². The second-order valence-electron chi connectivity index (χ2n) is 3.63. The van der Waals surface area contributed by atoms with Gasteiger partial charge in [-0.05, 0) is 19.4 Å². The summed E-state index contributed by atoms with van der Waals surface area (Å²) in [5, 5.41) is 10.1. The smallest absolute Gasteiger partial charge is 0.147 e. The molecule has 1 atom stereocenters. The van der Waals surface area contributed by atoms with Gasteiger partial charge in [-0.2, -0.15) is 0 Å². The van der Waals surface area contributed by atoms with Crippen molar-refractivity contribution < 1.29 is 4.74 Å². The van der Waals surface area contributed by atoms with Gasteiger partial charge in [-0.3, -0.25) is 0 Å². The Labute approximate surface area is 99.1 Å². The van der Waals surface area contributed by atoms with Crippen LogP contribution in [0.25, 0.3) is 10.6 Å². The molecule has 0 saturated heterocycles. The third-order valence-corrected chi connectivity index (χ3v) is 3.39. The number of methoxy groups -OCH3 is 1. The van der Waals surface area contributed by atoms with Gasteiger partial charge in [0.1, 0.15) is 10.0 Å². The highest BCUT2D eigenvalue weighted by Crippen LogP contribution is 2.25. The average molecular weight is 234 g/mol. The predicted molar refractivity (Wildman–Crippen MR) is 65.5 cm³/mol. The number of hydrogen-bond donors (Lipinski definition) is 0. The van der Waals surface area contributed by atoms with Crippen molar-refractivity contribution in [2.24, 2.45) is 0 Å². The zero-order valence-electron chi connectivity index (χ0n) is 9.60. The zero-order chi connectivity index (χ0) is 11.5.